The van der Waals surface area contributed by atoms with Gasteiger partial charge in [0.05, 0.1) is 0 Å². The van der Waals surface area contributed by atoms with Crippen molar-refractivity contribution in [2.45, 2.75) is 70.3 Å². The Kier molecular flexibility index (Phi) is 3.84. The number of carbonyl (C=O) groups excluding carboxylic acids is 1. The zero-order chi connectivity index (χ0) is 14.4. The third-order valence-corrected chi connectivity index (χ3v) is 7.78. The van der Waals surface area contributed by atoms with Crippen LogP contribution in [0.15, 0.2) is 0 Å². The van der Waals surface area contributed by atoms with Gasteiger partial charge in [0.15, 0.2) is 0 Å². The van der Waals surface area contributed by atoms with Gasteiger partial charge < -0.3 is 5.32 Å². The molecule has 1 N–H and O–H groups in total. The highest BCUT2D eigenvalue weighted by molar-refractivity contribution is 9.09. The fourth-order valence-electron chi connectivity index (χ4n) is 6.29. The molecule has 1 amide bonds. The lowest BCUT2D eigenvalue weighted by molar-refractivity contribution is -0.147. The molecular weight excluding hydrogens is 326 g/mol. The molecule has 0 aromatic rings. The topological polar surface area (TPSA) is 29.1 Å². The van der Waals surface area contributed by atoms with Crippen molar-refractivity contribution in [1.29, 1.82) is 0 Å². The van der Waals surface area contributed by atoms with Crippen LogP contribution in [0.25, 0.3) is 0 Å². The normalized spacial score (nSPS) is 48.3. The minimum Gasteiger partial charge on any atom is -0.353 e. The number of carbonyl (C=O) groups is 1. The summed E-state index contributed by atoms with van der Waals surface area (Å²) in [5.74, 6) is 3.66. The van der Waals surface area contributed by atoms with Crippen LogP contribution in [0.5, 0.6) is 0 Å². The number of hydrogen-bond donors (Lipinski definition) is 1. The maximum Gasteiger partial charge on any atom is 0.226 e. The molecular formula is C18H28BrNO. The summed E-state index contributed by atoms with van der Waals surface area (Å²) in [6, 6.07) is 0.429. The van der Waals surface area contributed by atoms with Crippen LogP contribution in [-0.2, 0) is 4.79 Å². The SMILES string of the molecule is O=C(NC1CCCCC1CBr)C12CC3CC(CC(C3)C1)C2. The second kappa shape index (κ2) is 5.54. The van der Waals surface area contributed by atoms with Crippen molar-refractivity contribution >= 4 is 21.8 Å². The Morgan fingerprint density at radius 1 is 1.00 bits per heavy atom. The van der Waals surface area contributed by atoms with Gasteiger partial charge in [-0.3, -0.25) is 4.79 Å². The second-order valence-corrected chi connectivity index (χ2v) is 9.12. The summed E-state index contributed by atoms with van der Waals surface area (Å²) >= 11 is 3.65. The summed E-state index contributed by atoms with van der Waals surface area (Å²) in [6.45, 7) is 0. The van der Waals surface area contributed by atoms with Crippen molar-refractivity contribution in [1.82, 2.24) is 5.32 Å². The number of hydrogen-bond acceptors (Lipinski definition) is 1. The van der Waals surface area contributed by atoms with E-state index in [0.29, 0.717) is 17.9 Å². The Bertz CT molecular complexity index is 386. The van der Waals surface area contributed by atoms with E-state index in [4.69, 9.17) is 0 Å². The van der Waals surface area contributed by atoms with E-state index in [1.54, 1.807) is 0 Å². The minimum atomic E-state index is 0.0308. The van der Waals surface area contributed by atoms with Crippen LogP contribution in [0, 0.1) is 29.1 Å². The Balaban J connectivity index is 1.47. The molecule has 0 saturated heterocycles. The fourth-order valence-corrected chi connectivity index (χ4v) is 7.07. The average molecular weight is 354 g/mol. The Morgan fingerprint density at radius 3 is 2.14 bits per heavy atom. The summed E-state index contributed by atoms with van der Waals surface area (Å²) < 4.78 is 0. The van der Waals surface area contributed by atoms with Crippen LogP contribution in [0.1, 0.15) is 64.2 Å². The summed E-state index contributed by atoms with van der Waals surface area (Å²) in [7, 11) is 0. The lowest BCUT2D eigenvalue weighted by atomic mass is 9.49. The highest BCUT2D eigenvalue weighted by Gasteiger charge is 2.54. The molecule has 0 radical (unpaired) electrons. The molecule has 118 valence electrons. The highest BCUT2D eigenvalue weighted by atomic mass is 79.9. The third-order valence-electron chi connectivity index (χ3n) is 6.94. The first-order chi connectivity index (χ1) is 10.2. The molecule has 0 aromatic heterocycles. The molecule has 5 rings (SSSR count). The van der Waals surface area contributed by atoms with E-state index in [-0.39, 0.29) is 5.41 Å². The van der Waals surface area contributed by atoms with E-state index in [0.717, 1.165) is 23.1 Å². The van der Waals surface area contributed by atoms with Gasteiger partial charge in [-0.05, 0) is 75.0 Å². The Labute approximate surface area is 136 Å². The smallest absolute Gasteiger partial charge is 0.226 e. The maximum atomic E-state index is 13.1. The zero-order valence-corrected chi connectivity index (χ0v) is 14.5. The molecule has 0 heterocycles. The van der Waals surface area contributed by atoms with Crippen LogP contribution in [0.2, 0.25) is 0 Å². The molecule has 2 unspecified atom stereocenters. The number of rotatable bonds is 3. The molecule has 0 aliphatic heterocycles. The zero-order valence-electron chi connectivity index (χ0n) is 13.0. The Hall–Kier alpha value is -0.0500. The molecule has 3 heteroatoms. The molecule has 5 saturated carbocycles. The largest absolute Gasteiger partial charge is 0.353 e. The second-order valence-electron chi connectivity index (χ2n) is 8.48. The van der Waals surface area contributed by atoms with Crippen LogP contribution < -0.4 is 5.32 Å². The van der Waals surface area contributed by atoms with E-state index in [2.05, 4.69) is 21.2 Å². The minimum absolute atomic E-state index is 0.0308. The van der Waals surface area contributed by atoms with E-state index in [1.807, 2.05) is 0 Å². The van der Waals surface area contributed by atoms with Gasteiger partial charge in [0.1, 0.15) is 0 Å². The molecule has 5 aliphatic carbocycles. The lowest BCUT2D eigenvalue weighted by Crippen LogP contribution is -2.56. The predicted octanol–water partition coefficient (Wildman–Crippen LogP) is 4.27. The van der Waals surface area contributed by atoms with E-state index in [1.165, 1.54) is 64.2 Å². The monoisotopic (exact) mass is 353 g/mol. The van der Waals surface area contributed by atoms with Crippen molar-refractivity contribution < 1.29 is 4.79 Å². The highest BCUT2D eigenvalue weighted by Crippen LogP contribution is 2.60. The first kappa shape index (κ1) is 14.5. The van der Waals surface area contributed by atoms with Gasteiger partial charge in [0, 0.05) is 16.8 Å². The standard InChI is InChI=1S/C18H28BrNO/c19-11-15-3-1-2-4-16(15)20-17(21)18-8-12-5-13(9-18)7-14(6-12)10-18/h12-16H,1-11H2,(H,20,21). The Morgan fingerprint density at radius 2 is 1.57 bits per heavy atom. The van der Waals surface area contributed by atoms with Crippen molar-refractivity contribution in [3.8, 4) is 0 Å². The fraction of sp³-hybridized carbons (Fsp3) is 0.944. The molecule has 5 fully saturated rings. The van der Waals surface area contributed by atoms with Gasteiger partial charge in [-0.25, -0.2) is 0 Å². The van der Waals surface area contributed by atoms with Gasteiger partial charge in [0.25, 0.3) is 0 Å². The maximum absolute atomic E-state index is 13.1. The molecule has 21 heavy (non-hydrogen) atoms. The van der Waals surface area contributed by atoms with Crippen LogP contribution in [0.3, 0.4) is 0 Å². The molecule has 4 bridgehead atoms. The number of halogens is 1. The quantitative estimate of drug-likeness (QED) is 0.754. The van der Waals surface area contributed by atoms with Crippen molar-refractivity contribution in [3.05, 3.63) is 0 Å². The van der Waals surface area contributed by atoms with Gasteiger partial charge in [-0.15, -0.1) is 0 Å². The molecule has 0 spiro atoms. The number of amides is 1. The van der Waals surface area contributed by atoms with Crippen molar-refractivity contribution in [2.24, 2.45) is 29.1 Å². The van der Waals surface area contributed by atoms with Crippen LogP contribution >= 0.6 is 15.9 Å². The first-order valence-corrected chi connectivity index (χ1v) is 10.2. The third kappa shape index (κ3) is 2.58. The van der Waals surface area contributed by atoms with E-state index >= 15 is 0 Å². The molecule has 2 nitrogen and oxygen atoms in total. The lowest BCUT2D eigenvalue weighted by Gasteiger charge is -2.56. The van der Waals surface area contributed by atoms with E-state index in [9.17, 15) is 4.79 Å². The van der Waals surface area contributed by atoms with E-state index < -0.39 is 0 Å². The summed E-state index contributed by atoms with van der Waals surface area (Å²) in [4.78, 5) is 13.1. The number of nitrogens with one attached hydrogen (secondary N) is 1. The van der Waals surface area contributed by atoms with Gasteiger partial charge in [-0.1, -0.05) is 28.8 Å². The predicted molar refractivity (Wildman–Crippen MR) is 88.3 cm³/mol. The molecule has 2 atom stereocenters. The van der Waals surface area contributed by atoms with Gasteiger partial charge in [-0.2, -0.15) is 0 Å². The summed E-state index contributed by atoms with van der Waals surface area (Å²) in [5, 5.41) is 4.55. The van der Waals surface area contributed by atoms with Crippen LogP contribution in [-0.4, -0.2) is 17.3 Å². The summed E-state index contributed by atoms with van der Waals surface area (Å²) in [5.41, 5.74) is 0.0308. The van der Waals surface area contributed by atoms with Crippen molar-refractivity contribution in [2.75, 3.05) is 5.33 Å². The summed E-state index contributed by atoms with van der Waals surface area (Å²) in [6.07, 6.45) is 12.9. The number of alkyl halides is 1. The first-order valence-electron chi connectivity index (χ1n) is 9.05. The van der Waals surface area contributed by atoms with Gasteiger partial charge in [0.2, 0.25) is 5.91 Å². The molecule has 0 aromatic carbocycles. The van der Waals surface area contributed by atoms with Crippen molar-refractivity contribution in [3.63, 3.8) is 0 Å². The molecule has 5 aliphatic rings. The van der Waals surface area contributed by atoms with Crippen LogP contribution in [0.4, 0.5) is 0 Å². The van der Waals surface area contributed by atoms with Gasteiger partial charge >= 0.3 is 0 Å². The average Bonchev–Trinajstić information content (AvgIpc) is 2.46.